The van der Waals surface area contributed by atoms with Crippen LogP contribution in [-0.2, 0) is 0 Å². The van der Waals surface area contributed by atoms with Crippen molar-refractivity contribution in [2.75, 3.05) is 11.9 Å². The van der Waals surface area contributed by atoms with Crippen molar-refractivity contribution >= 4 is 33.9 Å². The van der Waals surface area contributed by atoms with Crippen LogP contribution in [0.3, 0.4) is 0 Å². The minimum Gasteiger partial charge on any atom is -0.351 e. The lowest BCUT2D eigenvalue weighted by Gasteiger charge is -2.07. The van der Waals surface area contributed by atoms with Gasteiger partial charge in [0.15, 0.2) is 5.69 Å². The van der Waals surface area contributed by atoms with E-state index in [9.17, 15) is 9.59 Å². The number of aromatic nitrogens is 3. The Bertz CT molecular complexity index is 1190. The van der Waals surface area contributed by atoms with E-state index < -0.39 is 5.91 Å². The largest absolute Gasteiger partial charge is 0.351 e. The monoisotopic (exact) mass is 387 g/mol. The average molecular weight is 387 g/mol. The number of rotatable bonds is 6. The molecule has 0 aliphatic heterocycles. The van der Waals surface area contributed by atoms with Gasteiger partial charge in [0.25, 0.3) is 11.8 Å². The molecule has 0 aliphatic carbocycles. The Balaban J connectivity index is 1.68. The third-order valence-corrected chi connectivity index (χ3v) is 4.66. The van der Waals surface area contributed by atoms with Crippen LogP contribution in [0.4, 0.5) is 5.69 Å². The average Bonchev–Trinajstić information content (AvgIpc) is 3.14. The number of fused-ring (bicyclic) bond motifs is 2. The molecule has 4 aromatic rings. The van der Waals surface area contributed by atoms with Crippen LogP contribution in [0.1, 0.15) is 40.9 Å². The summed E-state index contributed by atoms with van der Waals surface area (Å²) < 4.78 is 1.63. The van der Waals surface area contributed by atoms with Crippen LogP contribution in [0, 0.1) is 0 Å². The van der Waals surface area contributed by atoms with E-state index >= 15 is 0 Å². The Hall–Kier alpha value is -3.74. The minimum absolute atomic E-state index is 0.147. The molecule has 0 aliphatic rings. The number of hydrogen-bond acceptors (Lipinski definition) is 4. The number of carbonyl (C=O) groups excluding carboxylic acids is 2. The van der Waals surface area contributed by atoms with E-state index in [1.165, 1.54) is 0 Å². The lowest BCUT2D eigenvalue weighted by molar-refractivity contribution is 0.0950. The van der Waals surface area contributed by atoms with Crippen molar-refractivity contribution in [1.29, 1.82) is 0 Å². The molecule has 0 atom stereocenters. The summed E-state index contributed by atoms with van der Waals surface area (Å²) in [5, 5.41) is 6.67. The van der Waals surface area contributed by atoms with E-state index in [1.807, 2.05) is 30.3 Å². The Morgan fingerprint density at radius 3 is 2.76 bits per heavy atom. The van der Waals surface area contributed by atoms with Crippen molar-refractivity contribution in [2.45, 2.75) is 19.8 Å². The van der Waals surface area contributed by atoms with E-state index in [4.69, 9.17) is 0 Å². The fraction of sp³-hybridized carbons (Fsp3) is 0.182. The standard InChI is InChI=1S/C22H21N5O2/c1-2-3-12-24-21(28)19-17-11-4-5-14-27(17)20(26-19)22(29)25-16-10-6-8-15-9-7-13-23-18(15)16/h4-11,13-14H,2-3,12H2,1H3,(H,24,28)(H,25,29). The van der Waals surface area contributed by atoms with Gasteiger partial charge in [-0.25, -0.2) is 4.98 Å². The molecule has 7 heteroatoms. The van der Waals surface area contributed by atoms with Crippen LogP contribution in [0.25, 0.3) is 16.4 Å². The maximum absolute atomic E-state index is 13.0. The van der Waals surface area contributed by atoms with Crippen LogP contribution >= 0.6 is 0 Å². The third kappa shape index (κ3) is 3.67. The highest BCUT2D eigenvalue weighted by Crippen LogP contribution is 2.22. The molecule has 0 saturated heterocycles. The molecule has 3 aromatic heterocycles. The van der Waals surface area contributed by atoms with Gasteiger partial charge in [0.2, 0.25) is 5.82 Å². The molecule has 1 aromatic carbocycles. The molecular formula is C22H21N5O2. The number of unbranched alkanes of at least 4 members (excludes halogenated alkanes) is 1. The lowest BCUT2D eigenvalue weighted by Crippen LogP contribution is -2.25. The number of pyridine rings is 2. The van der Waals surface area contributed by atoms with Crippen LogP contribution < -0.4 is 10.6 Å². The second kappa shape index (κ2) is 8.10. The van der Waals surface area contributed by atoms with Gasteiger partial charge >= 0.3 is 0 Å². The van der Waals surface area contributed by atoms with Gasteiger partial charge in [0.05, 0.1) is 16.7 Å². The summed E-state index contributed by atoms with van der Waals surface area (Å²) in [5.41, 5.74) is 2.11. The van der Waals surface area contributed by atoms with Gasteiger partial charge in [0.1, 0.15) is 0 Å². The van der Waals surface area contributed by atoms with E-state index in [2.05, 4.69) is 27.5 Å². The molecular weight excluding hydrogens is 366 g/mol. The molecule has 0 unspecified atom stereocenters. The smallest absolute Gasteiger partial charge is 0.292 e. The van der Waals surface area contributed by atoms with Crippen molar-refractivity contribution in [1.82, 2.24) is 19.7 Å². The number of nitrogens with zero attached hydrogens (tertiary/aromatic N) is 3. The highest BCUT2D eigenvalue weighted by molar-refractivity contribution is 6.08. The maximum atomic E-state index is 13.0. The Labute approximate surface area is 167 Å². The molecule has 2 amide bonds. The first-order chi connectivity index (χ1) is 14.2. The molecule has 29 heavy (non-hydrogen) atoms. The van der Waals surface area contributed by atoms with Gasteiger partial charge in [-0.2, -0.15) is 0 Å². The summed E-state index contributed by atoms with van der Waals surface area (Å²) in [6, 6.07) is 14.7. The van der Waals surface area contributed by atoms with Gasteiger partial charge in [-0.05, 0) is 30.7 Å². The fourth-order valence-corrected chi connectivity index (χ4v) is 3.21. The maximum Gasteiger partial charge on any atom is 0.292 e. The number of amides is 2. The van der Waals surface area contributed by atoms with Gasteiger partial charge in [-0.3, -0.25) is 19.0 Å². The number of anilines is 1. The van der Waals surface area contributed by atoms with E-state index in [-0.39, 0.29) is 17.4 Å². The van der Waals surface area contributed by atoms with E-state index in [0.29, 0.717) is 23.3 Å². The molecule has 0 radical (unpaired) electrons. The first-order valence-corrected chi connectivity index (χ1v) is 9.59. The molecule has 2 N–H and O–H groups in total. The van der Waals surface area contributed by atoms with Gasteiger partial charge in [-0.15, -0.1) is 0 Å². The Kier molecular flexibility index (Phi) is 5.20. The second-order valence-electron chi connectivity index (χ2n) is 6.68. The molecule has 0 spiro atoms. The number of para-hydroxylation sites is 1. The summed E-state index contributed by atoms with van der Waals surface area (Å²) in [7, 11) is 0. The van der Waals surface area contributed by atoms with Crippen molar-refractivity contribution < 1.29 is 9.59 Å². The van der Waals surface area contributed by atoms with Gasteiger partial charge in [0, 0.05) is 24.3 Å². The van der Waals surface area contributed by atoms with Gasteiger partial charge in [-0.1, -0.05) is 37.6 Å². The van der Waals surface area contributed by atoms with Crippen LogP contribution in [0.2, 0.25) is 0 Å². The number of benzene rings is 1. The first-order valence-electron chi connectivity index (χ1n) is 9.59. The predicted octanol–water partition coefficient (Wildman–Crippen LogP) is 3.66. The van der Waals surface area contributed by atoms with Crippen LogP contribution in [-0.4, -0.2) is 32.7 Å². The molecule has 0 bridgehead atoms. The topological polar surface area (TPSA) is 88.4 Å². The summed E-state index contributed by atoms with van der Waals surface area (Å²) >= 11 is 0. The number of carbonyl (C=O) groups is 2. The van der Waals surface area contributed by atoms with Crippen molar-refractivity contribution in [3.8, 4) is 0 Å². The highest BCUT2D eigenvalue weighted by atomic mass is 16.2. The molecule has 0 saturated carbocycles. The lowest BCUT2D eigenvalue weighted by atomic mass is 10.2. The van der Waals surface area contributed by atoms with E-state index in [0.717, 1.165) is 18.2 Å². The zero-order valence-electron chi connectivity index (χ0n) is 16.1. The number of hydrogen-bond donors (Lipinski definition) is 2. The van der Waals surface area contributed by atoms with Crippen molar-refractivity contribution in [3.05, 3.63) is 72.4 Å². The molecule has 7 nitrogen and oxygen atoms in total. The number of imidazole rings is 1. The van der Waals surface area contributed by atoms with Crippen LogP contribution in [0.15, 0.2) is 60.9 Å². The van der Waals surface area contributed by atoms with Crippen LogP contribution in [0.5, 0.6) is 0 Å². The zero-order valence-corrected chi connectivity index (χ0v) is 16.1. The quantitative estimate of drug-likeness (QED) is 0.494. The third-order valence-electron chi connectivity index (χ3n) is 4.66. The first kappa shape index (κ1) is 18.6. The number of nitrogens with one attached hydrogen (secondary N) is 2. The minimum atomic E-state index is -0.406. The van der Waals surface area contributed by atoms with Crippen molar-refractivity contribution in [3.63, 3.8) is 0 Å². The summed E-state index contributed by atoms with van der Waals surface area (Å²) in [6.07, 6.45) is 5.28. The summed E-state index contributed by atoms with van der Waals surface area (Å²) in [4.78, 5) is 34.3. The molecule has 0 fully saturated rings. The van der Waals surface area contributed by atoms with Gasteiger partial charge < -0.3 is 10.6 Å². The highest BCUT2D eigenvalue weighted by Gasteiger charge is 2.21. The normalized spacial score (nSPS) is 10.9. The fourth-order valence-electron chi connectivity index (χ4n) is 3.21. The summed E-state index contributed by atoms with van der Waals surface area (Å²) in [5.74, 6) is -0.542. The SMILES string of the molecule is CCCCNC(=O)c1nc(C(=O)Nc2cccc3cccnc23)n2ccccc12. The van der Waals surface area contributed by atoms with E-state index in [1.54, 1.807) is 35.0 Å². The molecule has 4 rings (SSSR count). The Morgan fingerprint density at radius 2 is 1.90 bits per heavy atom. The molecule has 146 valence electrons. The Morgan fingerprint density at radius 1 is 1.03 bits per heavy atom. The van der Waals surface area contributed by atoms with Crippen molar-refractivity contribution in [2.24, 2.45) is 0 Å². The predicted molar refractivity (Wildman–Crippen MR) is 112 cm³/mol. The summed E-state index contributed by atoms with van der Waals surface area (Å²) in [6.45, 7) is 2.63. The second-order valence-corrected chi connectivity index (χ2v) is 6.68. The zero-order chi connectivity index (χ0) is 20.2. The molecule has 3 heterocycles.